The van der Waals surface area contributed by atoms with Gasteiger partial charge in [-0.05, 0) is 12.5 Å². The number of alkyl halides is 2. The zero-order valence-electron chi connectivity index (χ0n) is 18.2. The van der Waals surface area contributed by atoms with Gasteiger partial charge in [0.1, 0.15) is 16.5 Å². The van der Waals surface area contributed by atoms with Gasteiger partial charge < -0.3 is 25.4 Å². The van der Waals surface area contributed by atoms with Gasteiger partial charge in [0.05, 0.1) is 25.1 Å². The predicted molar refractivity (Wildman–Crippen MR) is 122 cm³/mol. The Kier molecular flexibility index (Phi) is 7.57. The number of anilines is 1. The quantitative estimate of drug-likeness (QED) is 0.327. The van der Waals surface area contributed by atoms with Crippen molar-refractivity contribution >= 4 is 39.0 Å². The minimum absolute atomic E-state index is 0.0145. The second-order valence-electron chi connectivity index (χ2n) is 7.89. The Morgan fingerprint density at radius 1 is 1.41 bits per heavy atom. The molecule has 1 unspecified atom stereocenters. The first-order chi connectivity index (χ1) is 15.2. The molecule has 12 heteroatoms. The van der Waals surface area contributed by atoms with Crippen molar-refractivity contribution in [1.29, 1.82) is 10.8 Å². The molecule has 3 rings (SSSR count). The van der Waals surface area contributed by atoms with Crippen LogP contribution < -0.4 is 15.4 Å². The molecular formula is C20H29F2N7O2S. The van der Waals surface area contributed by atoms with E-state index in [1.54, 1.807) is 11.3 Å². The number of rotatable bonds is 9. The average Bonchev–Trinajstić information content (AvgIpc) is 3.18. The van der Waals surface area contributed by atoms with Crippen molar-refractivity contribution in [3.05, 3.63) is 10.9 Å². The third kappa shape index (κ3) is 5.13. The topological polar surface area (TPSA) is 135 Å². The normalized spacial score (nSPS) is 16.0. The number of aromatic nitrogens is 2. The molecule has 1 aliphatic rings. The van der Waals surface area contributed by atoms with Crippen LogP contribution in [-0.2, 0) is 6.42 Å². The first-order valence-corrected chi connectivity index (χ1v) is 11.3. The van der Waals surface area contributed by atoms with Gasteiger partial charge in [-0.15, -0.1) is 11.3 Å². The van der Waals surface area contributed by atoms with Gasteiger partial charge in [-0.3, -0.25) is 10.8 Å². The van der Waals surface area contributed by atoms with E-state index in [1.807, 2.05) is 17.9 Å². The maximum atomic E-state index is 13.9. The van der Waals surface area contributed by atoms with Crippen molar-refractivity contribution in [2.24, 2.45) is 11.7 Å². The van der Waals surface area contributed by atoms with Gasteiger partial charge in [0.2, 0.25) is 0 Å². The van der Waals surface area contributed by atoms with Crippen LogP contribution in [0.3, 0.4) is 0 Å². The number of hydrogen-bond acceptors (Lipinski definition) is 9. The smallest absolute Gasteiger partial charge is 0.319 e. The number of halogens is 2. The number of aliphatic hydroxyl groups excluding tert-OH is 1. The number of fused-ring (bicyclic) bond motifs is 1. The number of ether oxygens (including phenoxy) is 1. The lowest BCUT2D eigenvalue weighted by Crippen LogP contribution is -2.57. The molecule has 1 aliphatic heterocycles. The number of aryl methyl sites for hydroxylation is 1. The number of aliphatic hydroxyl groups is 1. The van der Waals surface area contributed by atoms with Crippen molar-refractivity contribution in [3.8, 4) is 6.01 Å². The fourth-order valence-corrected chi connectivity index (χ4v) is 4.42. The Morgan fingerprint density at radius 3 is 2.78 bits per heavy atom. The van der Waals surface area contributed by atoms with Crippen LogP contribution in [0, 0.1) is 16.7 Å². The summed E-state index contributed by atoms with van der Waals surface area (Å²) in [5.74, 6) is -4.07. The van der Waals surface area contributed by atoms with Gasteiger partial charge in [0.15, 0.2) is 5.84 Å². The maximum absolute atomic E-state index is 13.9. The molecule has 1 saturated heterocycles. The average molecular weight is 470 g/mol. The van der Waals surface area contributed by atoms with Crippen LogP contribution in [0.15, 0.2) is 6.07 Å². The van der Waals surface area contributed by atoms with Crippen LogP contribution in [0.4, 0.5) is 14.6 Å². The molecule has 0 saturated carbocycles. The minimum atomic E-state index is -3.48. The minimum Gasteiger partial charge on any atom is -0.463 e. The van der Waals surface area contributed by atoms with E-state index in [-0.39, 0.29) is 44.1 Å². The lowest BCUT2D eigenvalue weighted by Gasteiger charge is -2.38. The van der Waals surface area contributed by atoms with E-state index in [1.165, 1.54) is 0 Å². The van der Waals surface area contributed by atoms with Gasteiger partial charge in [0, 0.05) is 30.5 Å². The zero-order chi connectivity index (χ0) is 23.5. The Bertz CT molecular complexity index is 984. The number of nitrogens with two attached hydrogens (primary N) is 1. The summed E-state index contributed by atoms with van der Waals surface area (Å²) < 4.78 is 33.5. The molecule has 3 heterocycles. The van der Waals surface area contributed by atoms with Crippen LogP contribution in [0.1, 0.15) is 25.1 Å². The third-order valence-corrected chi connectivity index (χ3v) is 6.23. The number of piperazine rings is 1. The summed E-state index contributed by atoms with van der Waals surface area (Å²) in [5.41, 5.74) is 5.10. The SMILES string of the molecule is CCCc1cc2c(N3CCN(C(=N)C(F)(F)CN)C(=N)C3)nc(OCC(C)CO)nc2s1. The number of amidine groups is 2. The van der Waals surface area contributed by atoms with Crippen LogP contribution in [0.5, 0.6) is 6.01 Å². The molecule has 9 nitrogen and oxygen atoms in total. The Balaban J connectivity index is 1.89. The summed E-state index contributed by atoms with van der Waals surface area (Å²) in [5, 5.41) is 26.1. The molecule has 0 bridgehead atoms. The molecule has 0 spiro atoms. The molecule has 0 radical (unpaired) electrons. The Morgan fingerprint density at radius 2 is 2.16 bits per heavy atom. The lowest BCUT2D eigenvalue weighted by atomic mass is 10.2. The highest BCUT2D eigenvalue weighted by atomic mass is 32.1. The molecule has 0 aliphatic carbocycles. The molecule has 0 amide bonds. The summed E-state index contributed by atoms with van der Waals surface area (Å²) in [6.45, 7) is 3.54. The fraction of sp³-hybridized carbons (Fsp3) is 0.600. The summed E-state index contributed by atoms with van der Waals surface area (Å²) in [6, 6.07) is 2.20. The van der Waals surface area contributed by atoms with E-state index in [9.17, 15) is 13.9 Å². The fourth-order valence-electron chi connectivity index (χ4n) is 3.30. The highest BCUT2D eigenvalue weighted by Gasteiger charge is 2.40. The van der Waals surface area contributed by atoms with E-state index in [4.69, 9.17) is 21.3 Å². The third-order valence-electron chi connectivity index (χ3n) is 5.14. The highest BCUT2D eigenvalue weighted by Crippen LogP contribution is 2.34. The van der Waals surface area contributed by atoms with Crippen molar-refractivity contribution in [2.75, 3.05) is 44.3 Å². The molecular weight excluding hydrogens is 440 g/mol. The zero-order valence-corrected chi connectivity index (χ0v) is 19.0. The maximum Gasteiger partial charge on any atom is 0.319 e. The lowest BCUT2D eigenvalue weighted by molar-refractivity contribution is 0.0757. The molecule has 2 aromatic heterocycles. The van der Waals surface area contributed by atoms with Crippen LogP contribution in [0.2, 0.25) is 0 Å². The van der Waals surface area contributed by atoms with Crippen LogP contribution in [0.25, 0.3) is 10.2 Å². The van der Waals surface area contributed by atoms with Gasteiger partial charge in [0.25, 0.3) is 0 Å². The predicted octanol–water partition coefficient (Wildman–Crippen LogP) is 2.32. The van der Waals surface area contributed by atoms with E-state index in [0.717, 1.165) is 32.8 Å². The molecule has 32 heavy (non-hydrogen) atoms. The Labute approximate surface area is 189 Å². The molecule has 0 aromatic carbocycles. The molecule has 176 valence electrons. The summed E-state index contributed by atoms with van der Waals surface area (Å²) in [6.07, 6.45) is 1.88. The van der Waals surface area contributed by atoms with Crippen LogP contribution in [-0.4, -0.2) is 77.0 Å². The van der Waals surface area contributed by atoms with Gasteiger partial charge in [-0.25, -0.2) is 0 Å². The first-order valence-electron chi connectivity index (χ1n) is 10.5. The van der Waals surface area contributed by atoms with Crippen molar-refractivity contribution in [3.63, 3.8) is 0 Å². The summed E-state index contributed by atoms with van der Waals surface area (Å²) in [7, 11) is 0. The number of nitrogens with zero attached hydrogens (tertiary/aromatic N) is 4. The van der Waals surface area contributed by atoms with Gasteiger partial charge >= 0.3 is 11.9 Å². The molecule has 1 atom stereocenters. The summed E-state index contributed by atoms with van der Waals surface area (Å²) >= 11 is 1.55. The van der Waals surface area contributed by atoms with Crippen molar-refractivity contribution in [2.45, 2.75) is 32.6 Å². The van der Waals surface area contributed by atoms with E-state index >= 15 is 0 Å². The van der Waals surface area contributed by atoms with E-state index in [2.05, 4.69) is 16.9 Å². The Hall–Kier alpha value is -2.44. The monoisotopic (exact) mass is 469 g/mol. The van der Waals surface area contributed by atoms with Crippen molar-refractivity contribution < 1.29 is 18.6 Å². The highest BCUT2D eigenvalue weighted by molar-refractivity contribution is 7.18. The molecule has 2 aromatic rings. The largest absolute Gasteiger partial charge is 0.463 e. The van der Waals surface area contributed by atoms with Crippen molar-refractivity contribution in [1.82, 2.24) is 14.9 Å². The molecule has 1 fully saturated rings. The number of thiophene rings is 1. The van der Waals surface area contributed by atoms with Gasteiger partial charge in [-0.2, -0.15) is 18.7 Å². The van der Waals surface area contributed by atoms with Crippen LogP contribution >= 0.6 is 11.3 Å². The van der Waals surface area contributed by atoms with E-state index in [0.29, 0.717) is 12.4 Å². The van der Waals surface area contributed by atoms with Gasteiger partial charge in [-0.1, -0.05) is 20.3 Å². The first kappa shape index (κ1) is 24.2. The number of hydrogen-bond donors (Lipinski definition) is 4. The summed E-state index contributed by atoms with van der Waals surface area (Å²) in [4.78, 5) is 13.8. The second kappa shape index (κ2) is 10.0. The second-order valence-corrected chi connectivity index (χ2v) is 9.00. The molecule has 5 N–H and O–H groups in total. The number of nitrogens with one attached hydrogen (secondary N) is 2. The van der Waals surface area contributed by atoms with E-state index < -0.39 is 18.3 Å². The standard InChI is InChI=1S/C20H29F2N7O2S/c1-3-4-13-7-14-16(26-19(27-17(14)32-13)31-10-12(2)9-30)28-5-6-29(15(24)8-28)18(25)20(21,22)11-23/h7,12,24-25,30H,3-6,8-11,23H2,1-2H3.